The van der Waals surface area contributed by atoms with Crippen molar-refractivity contribution in [2.75, 3.05) is 0 Å². The Kier molecular flexibility index (Phi) is 5.45. The number of nitrogens with zero attached hydrogens (tertiary/aromatic N) is 4. The predicted octanol–water partition coefficient (Wildman–Crippen LogP) is 5.20. The molecule has 0 aliphatic heterocycles. The first-order valence-corrected chi connectivity index (χ1v) is 12.7. The molecule has 7 nitrogen and oxygen atoms in total. The minimum absolute atomic E-state index is 0.0145. The number of nitrogens with one attached hydrogen (secondary N) is 2. The predicted molar refractivity (Wildman–Crippen MR) is 138 cm³/mol. The van der Waals surface area contributed by atoms with Crippen molar-refractivity contribution >= 4 is 28.3 Å². The number of carbonyl (C=O) groups is 1. The first kappa shape index (κ1) is 21.7. The maximum atomic E-state index is 12.8. The molecular formula is C27H26N6OS. The van der Waals surface area contributed by atoms with Gasteiger partial charge in [0.2, 0.25) is 0 Å². The highest BCUT2D eigenvalue weighted by molar-refractivity contribution is 7.14. The lowest BCUT2D eigenvalue weighted by Gasteiger charge is -2.10. The zero-order valence-corrected chi connectivity index (χ0v) is 20.6. The molecule has 8 heteroatoms. The molecule has 35 heavy (non-hydrogen) atoms. The molecule has 0 saturated heterocycles. The molecule has 1 aliphatic carbocycles. The number of amides is 1. The average Bonchev–Trinajstić information content (AvgIpc) is 3.60. The van der Waals surface area contributed by atoms with Crippen molar-refractivity contribution < 1.29 is 4.79 Å². The van der Waals surface area contributed by atoms with Gasteiger partial charge >= 0.3 is 0 Å². The van der Waals surface area contributed by atoms with Gasteiger partial charge in [-0.2, -0.15) is 5.10 Å². The summed E-state index contributed by atoms with van der Waals surface area (Å²) in [5.74, 6) is 0.0145. The van der Waals surface area contributed by atoms with Crippen molar-refractivity contribution in [1.82, 2.24) is 30.0 Å². The van der Waals surface area contributed by atoms with E-state index in [1.165, 1.54) is 23.3 Å². The van der Waals surface area contributed by atoms with E-state index in [1.54, 1.807) is 22.3 Å². The van der Waals surface area contributed by atoms with Gasteiger partial charge in [0, 0.05) is 41.2 Å². The molecular weight excluding hydrogens is 456 g/mol. The van der Waals surface area contributed by atoms with E-state index in [4.69, 9.17) is 0 Å². The molecule has 0 fully saturated rings. The highest BCUT2D eigenvalue weighted by atomic mass is 32.1. The molecule has 6 rings (SSSR count). The van der Waals surface area contributed by atoms with Crippen LogP contribution in [0.3, 0.4) is 0 Å². The van der Waals surface area contributed by atoms with Crippen molar-refractivity contribution in [3.8, 4) is 22.5 Å². The van der Waals surface area contributed by atoms with Crippen LogP contribution < -0.4 is 5.32 Å². The van der Waals surface area contributed by atoms with Crippen molar-refractivity contribution in [2.45, 2.75) is 39.2 Å². The summed E-state index contributed by atoms with van der Waals surface area (Å²) in [7, 11) is 1.90. The fourth-order valence-electron chi connectivity index (χ4n) is 4.79. The molecule has 0 unspecified atom stereocenters. The van der Waals surface area contributed by atoms with Crippen LogP contribution in [-0.4, -0.2) is 30.6 Å². The molecule has 0 saturated carbocycles. The quantitative estimate of drug-likeness (QED) is 0.360. The third kappa shape index (κ3) is 4.14. The van der Waals surface area contributed by atoms with E-state index < -0.39 is 0 Å². The second kappa shape index (κ2) is 8.78. The van der Waals surface area contributed by atoms with Crippen molar-refractivity contribution in [2.24, 2.45) is 7.05 Å². The summed E-state index contributed by atoms with van der Waals surface area (Å²) >= 11 is 1.65. The van der Waals surface area contributed by atoms with Gasteiger partial charge in [-0.3, -0.25) is 9.48 Å². The van der Waals surface area contributed by atoms with Gasteiger partial charge < -0.3 is 10.3 Å². The number of fused-ring (bicyclic) bond motifs is 2. The molecule has 176 valence electrons. The fraction of sp³-hybridized carbons (Fsp3) is 0.259. The van der Waals surface area contributed by atoms with Crippen LogP contribution in [0.15, 0.2) is 49.1 Å². The normalized spacial score (nSPS) is 13.2. The summed E-state index contributed by atoms with van der Waals surface area (Å²) in [5, 5.41) is 8.34. The summed E-state index contributed by atoms with van der Waals surface area (Å²) in [6.45, 7) is 2.58. The zero-order chi connectivity index (χ0) is 23.9. The Morgan fingerprint density at radius 1 is 1.14 bits per heavy atom. The molecule has 0 bridgehead atoms. The number of H-pyrrole nitrogens is 1. The third-order valence-corrected chi connectivity index (χ3v) is 7.95. The zero-order valence-electron chi connectivity index (χ0n) is 19.8. The van der Waals surface area contributed by atoms with Gasteiger partial charge in [0.15, 0.2) is 0 Å². The third-order valence-electron chi connectivity index (χ3n) is 6.72. The molecule has 1 aliphatic rings. The van der Waals surface area contributed by atoms with Crippen LogP contribution >= 0.6 is 11.3 Å². The molecule has 4 aromatic heterocycles. The average molecular weight is 483 g/mol. The molecule has 0 spiro atoms. The summed E-state index contributed by atoms with van der Waals surface area (Å²) in [4.78, 5) is 27.4. The van der Waals surface area contributed by atoms with Gasteiger partial charge in [0.25, 0.3) is 5.91 Å². The van der Waals surface area contributed by atoms with E-state index >= 15 is 0 Å². The van der Waals surface area contributed by atoms with Crippen molar-refractivity contribution in [1.29, 1.82) is 0 Å². The Morgan fingerprint density at radius 2 is 2.03 bits per heavy atom. The van der Waals surface area contributed by atoms with Crippen LogP contribution in [0.5, 0.6) is 0 Å². The van der Waals surface area contributed by atoms with E-state index in [2.05, 4.69) is 62.6 Å². The molecule has 0 radical (unpaired) electrons. The molecule has 2 N–H and O–H groups in total. The summed E-state index contributed by atoms with van der Waals surface area (Å²) in [5.41, 5.74) is 8.23. The minimum atomic E-state index is 0.0145. The molecule has 0 atom stereocenters. The lowest BCUT2D eigenvalue weighted by atomic mass is 9.99. The number of rotatable bonds is 5. The van der Waals surface area contributed by atoms with Crippen LogP contribution in [0, 0.1) is 6.92 Å². The SMILES string of the molecule is Cc1cc(-c2ncnc3[nH]c(-c4cnn(C)c4)cc23)ccc1CNC(=O)c1cc2c(s1)CCCC2. The maximum absolute atomic E-state index is 12.8. The van der Waals surface area contributed by atoms with Gasteiger partial charge in [-0.15, -0.1) is 11.3 Å². The van der Waals surface area contributed by atoms with Gasteiger partial charge in [-0.25, -0.2) is 9.97 Å². The standard InChI is InChI=1S/C27H26N6OS/c1-16-9-18(25-21-11-22(20-13-31-33(2)14-20)32-26(21)30-15-29-25)7-8-19(16)12-28-27(34)24-10-17-5-3-4-6-23(17)35-24/h7-11,13-15H,3-6,12H2,1-2H3,(H,28,34)(H,29,30,32). The maximum Gasteiger partial charge on any atom is 0.261 e. The van der Waals surface area contributed by atoms with Crippen molar-refractivity contribution in [3.63, 3.8) is 0 Å². The lowest BCUT2D eigenvalue weighted by Crippen LogP contribution is -2.22. The fourth-order valence-corrected chi connectivity index (χ4v) is 5.96. The Bertz CT molecular complexity index is 1540. The Balaban J connectivity index is 1.22. The van der Waals surface area contributed by atoms with Gasteiger partial charge in [-0.05, 0) is 67.5 Å². The van der Waals surface area contributed by atoms with Crippen LogP contribution in [0.1, 0.15) is 44.1 Å². The number of hydrogen-bond donors (Lipinski definition) is 2. The highest BCUT2D eigenvalue weighted by Crippen LogP contribution is 2.31. The number of aryl methyl sites for hydroxylation is 4. The number of aromatic nitrogens is 5. The van der Waals surface area contributed by atoms with E-state index in [9.17, 15) is 4.79 Å². The first-order valence-electron chi connectivity index (χ1n) is 11.9. The summed E-state index contributed by atoms with van der Waals surface area (Å²) in [6.07, 6.45) is 10.0. The lowest BCUT2D eigenvalue weighted by molar-refractivity contribution is 0.0955. The van der Waals surface area contributed by atoms with E-state index in [0.717, 1.165) is 62.4 Å². The minimum Gasteiger partial charge on any atom is -0.347 e. The Hall–Kier alpha value is -3.78. The van der Waals surface area contributed by atoms with Crippen molar-refractivity contribution in [3.05, 3.63) is 75.5 Å². The first-order chi connectivity index (χ1) is 17.0. The smallest absolute Gasteiger partial charge is 0.261 e. The number of hydrogen-bond acceptors (Lipinski definition) is 5. The molecule has 1 amide bonds. The van der Waals surface area contributed by atoms with Gasteiger partial charge in [0.05, 0.1) is 22.5 Å². The second-order valence-electron chi connectivity index (χ2n) is 9.16. The number of benzene rings is 1. The van der Waals surface area contributed by atoms with E-state index in [1.807, 2.05) is 19.4 Å². The molecule has 4 heterocycles. The number of carbonyl (C=O) groups excluding carboxylic acids is 1. The van der Waals surface area contributed by atoms with Crippen LogP contribution in [0.25, 0.3) is 33.5 Å². The largest absolute Gasteiger partial charge is 0.347 e. The highest BCUT2D eigenvalue weighted by Gasteiger charge is 2.18. The van der Waals surface area contributed by atoms with E-state index in [-0.39, 0.29) is 5.91 Å². The monoisotopic (exact) mass is 482 g/mol. The Labute approximate surface area is 207 Å². The van der Waals surface area contributed by atoms with Crippen LogP contribution in [0.2, 0.25) is 0 Å². The van der Waals surface area contributed by atoms with Crippen LogP contribution in [0.4, 0.5) is 0 Å². The topological polar surface area (TPSA) is 88.5 Å². The molecule has 1 aromatic carbocycles. The summed E-state index contributed by atoms with van der Waals surface area (Å²) in [6, 6.07) is 10.4. The second-order valence-corrected chi connectivity index (χ2v) is 10.3. The number of thiophene rings is 1. The molecule has 5 aromatic rings. The number of aromatic amines is 1. The van der Waals surface area contributed by atoms with E-state index in [0.29, 0.717) is 6.54 Å². The van der Waals surface area contributed by atoms with Gasteiger partial charge in [0.1, 0.15) is 12.0 Å². The Morgan fingerprint density at radius 3 is 2.83 bits per heavy atom. The van der Waals surface area contributed by atoms with Gasteiger partial charge in [-0.1, -0.05) is 12.1 Å². The van der Waals surface area contributed by atoms with Crippen LogP contribution in [-0.2, 0) is 26.4 Å². The summed E-state index contributed by atoms with van der Waals surface area (Å²) < 4.78 is 1.78.